The number of aliphatic carboxylic acids is 1. The van der Waals surface area contributed by atoms with E-state index >= 15 is 0 Å². The highest BCUT2D eigenvalue weighted by atomic mass is 16.4. The van der Waals surface area contributed by atoms with E-state index in [0.29, 0.717) is 17.9 Å². The van der Waals surface area contributed by atoms with Crippen LogP contribution in [0.4, 0.5) is 5.82 Å². The fraction of sp³-hybridized carbons (Fsp3) is 0.333. The summed E-state index contributed by atoms with van der Waals surface area (Å²) in [6.45, 7) is 2.12. The monoisotopic (exact) mass is 339 g/mol. The van der Waals surface area contributed by atoms with Gasteiger partial charge in [0.05, 0.1) is 6.42 Å². The smallest absolute Gasteiger partial charge is 0.303 e. The van der Waals surface area contributed by atoms with Crippen molar-refractivity contribution in [1.29, 1.82) is 0 Å². The summed E-state index contributed by atoms with van der Waals surface area (Å²) < 4.78 is 1.61. The Bertz CT molecular complexity index is 847. The molecular formula is C18H21N5O2. The number of benzene rings is 1. The van der Waals surface area contributed by atoms with Crippen molar-refractivity contribution in [2.45, 2.75) is 38.6 Å². The Morgan fingerprint density at radius 1 is 1.16 bits per heavy atom. The van der Waals surface area contributed by atoms with E-state index in [1.54, 1.807) is 4.52 Å². The average molecular weight is 339 g/mol. The molecule has 0 radical (unpaired) electrons. The van der Waals surface area contributed by atoms with Crippen LogP contribution in [0, 0.1) is 0 Å². The number of hydrogen-bond donors (Lipinski definition) is 2. The lowest BCUT2D eigenvalue weighted by molar-refractivity contribution is -0.137. The second-order valence-corrected chi connectivity index (χ2v) is 6.07. The van der Waals surface area contributed by atoms with E-state index in [0.717, 1.165) is 18.7 Å². The average Bonchev–Trinajstić information content (AvgIpc) is 3.01. The Hall–Kier alpha value is -2.96. The molecule has 0 spiro atoms. The summed E-state index contributed by atoms with van der Waals surface area (Å²) in [5, 5.41) is 24.7. The highest BCUT2D eigenvalue weighted by Crippen LogP contribution is 2.12. The minimum atomic E-state index is -0.861. The summed E-state index contributed by atoms with van der Waals surface area (Å²) >= 11 is 0. The highest BCUT2D eigenvalue weighted by molar-refractivity contribution is 5.66. The van der Waals surface area contributed by atoms with E-state index in [1.807, 2.05) is 30.3 Å². The number of rotatable bonds is 8. The van der Waals surface area contributed by atoms with E-state index in [9.17, 15) is 4.79 Å². The van der Waals surface area contributed by atoms with E-state index in [-0.39, 0.29) is 12.5 Å². The van der Waals surface area contributed by atoms with Gasteiger partial charge in [-0.1, -0.05) is 30.3 Å². The Morgan fingerprint density at radius 2 is 1.96 bits per heavy atom. The maximum atomic E-state index is 10.7. The van der Waals surface area contributed by atoms with Gasteiger partial charge in [-0.2, -0.15) is 4.52 Å². The van der Waals surface area contributed by atoms with Gasteiger partial charge < -0.3 is 10.4 Å². The van der Waals surface area contributed by atoms with Gasteiger partial charge in [0.15, 0.2) is 11.5 Å². The van der Waals surface area contributed by atoms with Crippen LogP contribution in [0.5, 0.6) is 0 Å². The fourth-order valence-electron chi connectivity index (χ4n) is 2.64. The molecule has 0 aliphatic heterocycles. The number of carboxylic acid groups (broad SMARTS) is 1. The number of fused-ring (bicyclic) bond motifs is 1. The molecule has 0 saturated heterocycles. The van der Waals surface area contributed by atoms with Gasteiger partial charge in [-0.05, 0) is 37.5 Å². The van der Waals surface area contributed by atoms with E-state index in [2.05, 4.69) is 39.7 Å². The molecule has 0 fully saturated rings. The lowest BCUT2D eigenvalue weighted by Gasteiger charge is -2.14. The summed E-state index contributed by atoms with van der Waals surface area (Å²) in [5.74, 6) is 0.419. The van der Waals surface area contributed by atoms with Gasteiger partial charge in [-0.3, -0.25) is 4.79 Å². The molecule has 1 unspecified atom stereocenters. The van der Waals surface area contributed by atoms with Crippen molar-refractivity contribution in [1.82, 2.24) is 19.8 Å². The van der Waals surface area contributed by atoms with Gasteiger partial charge in [-0.15, -0.1) is 15.3 Å². The standard InChI is InChI=1S/C18H21N5O2/c1-13(7-8-14-5-3-2-4-6-14)19-15-9-10-16-20-21-17(23(16)22-15)11-12-18(24)25/h2-6,9-10,13H,7-8,11-12H2,1H3,(H,19,22)(H,24,25). The lowest BCUT2D eigenvalue weighted by atomic mass is 10.1. The third-order valence-electron chi connectivity index (χ3n) is 3.99. The molecule has 7 nitrogen and oxygen atoms in total. The number of aryl methyl sites for hydroxylation is 2. The minimum Gasteiger partial charge on any atom is -0.481 e. The van der Waals surface area contributed by atoms with Crippen LogP contribution in [-0.4, -0.2) is 36.9 Å². The number of anilines is 1. The van der Waals surface area contributed by atoms with Crippen LogP contribution < -0.4 is 5.32 Å². The van der Waals surface area contributed by atoms with Crippen molar-refractivity contribution in [2.75, 3.05) is 5.32 Å². The molecule has 0 saturated carbocycles. The molecule has 2 aromatic heterocycles. The van der Waals surface area contributed by atoms with Gasteiger partial charge in [0.1, 0.15) is 5.82 Å². The molecule has 3 aromatic rings. The number of carbonyl (C=O) groups is 1. The number of aromatic nitrogens is 4. The molecule has 7 heteroatoms. The summed E-state index contributed by atoms with van der Waals surface area (Å²) in [7, 11) is 0. The molecule has 130 valence electrons. The van der Waals surface area contributed by atoms with E-state index in [4.69, 9.17) is 5.11 Å². The second-order valence-electron chi connectivity index (χ2n) is 6.07. The van der Waals surface area contributed by atoms with Gasteiger partial charge >= 0.3 is 5.97 Å². The molecule has 1 aromatic carbocycles. The Kier molecular flexibility index (Phi) is 5.23. The molecular weight excluding hydrogens is 318 g/mol. The summed E-state index contributed by atoms with van der Waals surface area (Å²) in [5.41, 5.74) is 1.93. The Balaban J connectivity index is 1.64. The third-order valence-corrected chi connectivity index (χ3v) is 3.99. The van der Waals surface area contributed by atoms with Crippen LogP contribution in [0.3, 0.4) is 0 Å². The van der Waals surface area contributed by atoms with Crippen LogP contribution in [0.15, 0.2) is 42.5 Å². The number of nitrogens with zero attached hydrogens (tertiary/aromatic N) is 4. The van der Waals surface area contributed by atoms with Gasteiger partial charge in [-0.25, -0.2) is 0 Å². The third kappa shape index (κ3) is 4.53. The first kappa shape index (κ1) is 16.9. The van der Waals surface area contributed by atoms with Crippen molar-refractivity contribution in [3.8, 4) is 0 Å². The van der Waals surface area contributed by atoms with Crippen molar-refractivity contribution in [2.24, 2.45) is 0 Å². The molecule has 2 N–H and O–H groups in total. The largest absolute Gasteiger partial charge is 0.481 e. The van der Waals surface area contributed by atoms with Crippen molar-refractivity contribution in [3.63, 3.8) is 0 Å². The lowest BCUT2D eigenvalue weighted by Crippen LogP contribution is -2.18. The first-order valence-electron chi connectivity index (χ1n) is 8.35. The summed E-state index contributed by atoms with van der Waals surface area (Å²) in [4.78, 5) is 10.7. The maximum Gasteiger partial charge on any atom is 0.303 e. The Labute approximate surface area is 145 Å². The summed E-state index contributed by atoms with van der Waals surface area (Å²) in [6, 6.07) is 14.3. The predicted molar refractivity (Wildman–Crippen MR) is 94.6 cm³/mol. The quantitative estimate of drug-likeness (QED) is 0.655. The molecule has 0 amide bonds. The topological polar surface area (TPSA) is 92.4 Å². The van der Waals surface area contributed by atoms with Crippen LogP contribution in [0.1, 0.15) is 31.2 Å². The zero-order chi connectivity index (χ0) is 17.6. The zero-order valence-electron chi connectivity index (χ0n) is 14.1. The molecule has 25 heavy (non-hydrogen) atoms. The number of hydrogen-bond acceptors (Lipinski definition) is 5. The van der Waals surface area contributed by atoms with Crippen LogP contribution in [0.25, 0.3) is 5.65 Å². The van der Waals surface area contributed by atoms with Crippen molar-refractivity contribution >= 4 is 17.4 Å². The second kappa shape index (κ2) is 7.74. The summed E-state index contributed by atoms with van der Waals surface area (Å²) in [6.07, 6.45) is 2.29. The number of carboxylic acids is 1. The Morgan fingerprint density at radius 3 is 2.72 bits per heavy atom. The van der Waals surface area contributed by atoms with E-state index in [1.165, 1.54) is 5.56 Å². The molecule has 1 atom stereocenters. The fourth-order valence-corrected chi connectivity index (χ4v) is 2.64. The van der Waals surface area contributed by atoms with E-state index < -0.39 is 5.97 Å². The maximum absolute atomic E-state index is 10.7. The molecule has 3 rings (SSSR count). The predicted octanol–water partition coefficient (Wildman–Crippen LogP) is 2.57. The zero-order valence-corrected chi connectivity index (χ0v) is 14.1. The molecule has 2 heterocycles. The van der Waals surface area contributed by atoms with Crippen molar-refractivity contribution in [3.05, 3.63) is 53.9 Å². The van der Waals surface area contributed by atoms with Gasteiger partial charge in [0, 0.05) is 12.5 Å². The van der Waals surface area contributed by atoms with Gasteiger partial charge in [0.25, 0.3) is 0 Å². The van der Waals surface area contributed by atoms with Crippen LogP contribution in [0.2, 0.25) is 0 Å². The van der Waals surface area contributed by atoms with Crippen LogP contribution >= 0.6 is 0 Å². The van der Waals surface area contributed by atoms with Crippen molar-refractivity contribution < 1.29 is 9.90 Å². The SMILES string of the molecule is CC(CCc1ccccc1)Nc1ccc2nnc(CCC(=O)O)n2n1. The first-order chi connectivity index (χ1) is 12.1. The highest BCUT2D eigenvalue weighted by Gasteiger charge is 2.10. The minimum absolute atomic E-state index is 0.00755. The normalized spacial score (nSPS) is 12.2. The molecule has 0 bridgehead atoms. The molecule has 0 aliphatic rings. The molecule has 0 aliphatic carbocycles. The van der Waals surface area contributed by atoms with Gasteiger partial charge in [0.2, 0.25) is 0 Å². The first-order valence-corrected chi connectivity index (χ1v) is 8.35. The van der Waals surface area contributed by atoms with Crippen LogP contribution in [-0.2, 0) is 17.6 Å². The number of nitrogens with one attached hydrogen (secondary N) is 1.